The van der Waals surface area contributed by atoms with E-state index in [2.05, 4.69) is 10.6 Å². The van der Waals surface area contributed by atoms with E-state index in [1.807, 2.05) is 0 Å². The molecule has 2 aromatic rings. The van der Waals surface area contributed by atoms with E-state index in [1.54, 1.807) is 43.3 Å². The number of hydrogen-bond donors (Lipinski definition) is 2. The van der Waals surface area contributed by atoms with Gasteiger partial charge in [0.05, 0.1) is 23.4 Å². The number of esters is 1. The lowest BCUT2D eigenvalue weighted by Gasteiger charge is -2.41. The van der Waals surface area contributed by atoms with Crippen LogP contribution in [0.4, 0.5) is 11.4 Å². The number of anilines is 2. The Morgan fingerprint density at radius 2 is 1.86 bits per heavy atom. The van der Waals surface area contributed by atoms with Crippen molar-refractivity contribution >= 4 is 35.1 Å². The number of hydrogen-bond acceptors (Lipinski definition) is 5. The maximum atomic E-state index is 13.2. The zero-order valence-corrected chi connectivity index (χ0v) is 15.7. The molecule has 1 fully saturated rings. The Morgan fingerprint density at radius 3 is 2.59 bits per heavy atom. The van der Waals surface area contributed by atoms with Crippen molar-refractivity contribution in [2.75, 3.05) is 16.8 Å². The molecule has 148 valence electrons. The molecule has 2 heterocycles. The molecule has 3 amide bonds. The molecule has 29 heavy (non-hydrogen) atoms. The Hall–Kier alpha value is -3.68. The van der Waals surface area contributed by atoms with E-state index in [-0.39, 0.29) is 25.4 Å². The third kappa shape index (κ3) is 3.02. The van der Waals surface area contributed by atoms with Crippen molar-refractivity contribution in [1.82, 2.24) is 5.32 Å². The Kier molecular flexibility index (Phi) is 4.54. The van der Waals surface area contributed by atoms with Crippen molar-refractivity contribution in [3.63, 3.8) is 0 Å². The summed E-state index contributed by atoms with van der Waals surface area (Å²) in [5, 5.41) is 5.47. The summed E-state index contributed by atoms with van der Waals surface area (Å²) in [7, 11) is 0. The molecule has 2 aliphatic heterocycles. The molecule has 8 heteroatoms. The van der Waals surface area contributed by atoms with Crippen LogP contribution < -0.4 is 15.5 Å². The molecule has 0 bridgehead atoms. The Labute approximate surface area is 166 Å². The molecular weight excluding hydrogens is 374 g/mol. The first-order chi connectivity index (χ1) is 14.0. The SMILES string of the molecule is CCOC(=O)c1ccc(NC(=O)[C@]23CCC(=O)N2c2ccccc2C(=O)N3)cc1. The first-order valence-corrected chi connectivity index (χ1v) is 9.29. The van der Waals surface area contributed by atoms with Crippen LogP contribution in [0.2, 0.25) is 0 Å². The Bertz CT molecular complexity index is 1020. The van der Waals surface area contributed by atoms with E-state index >= 15 is 0 Å². The normalized spacial score (nSPS) is 19.8. The number of ether oxygens (including phenoxy) is 1. The van der Waals surface area contributed by atoms with Crippen LogP contribution in [0.25, 0.3) is 0 Å². The Balaban J connectivity index is 1.62. The first kappa shape index (κ1) is 18.7. The fourth-order valence-electron chi connectivity index (χ4n) is 3.71. The average Bonchev–Trinajstić information content (AvgIpc) is 3.06. The number of benzene rings is 2. The topological polar surface area (TPSA) is 105 Å². The van der Waals surface area contributed by atoms with Crippen molar-refractivity contribution in [3.8, 4) is 0 Å². The molecular formula is C21H19N3O5. The summed E-state index contributed by atoms with van der Waals surface area (Å²) in [4.78, 5) is 51.5. The van der Waals surface area contributed by atoms with Crippen molar-refractivity contribution in [1.29, 1.82) is 0 Å². The van der Waals surface area contributed by atoms with Crippen LogP contribution in [0.5, 0.6) is 0 Å². The van der Waals surface area contributed by atoms with E-state index in [0.717, 1.165) is 0 Å². The highest BCUT2D eigenvalue weighted by Crippen LogP contribution is 2.39. The van der Waals surface area contributed by atoms with Gasteiger partial charge in [0.25, 0.3) is 11.8 Å². The predicted molar refractivity (Wildman–Crippen MR) is 104 cm³/mol. The molecule has 2 N–H and O–H groups in total. The summed E-state index contributed by atoms with van der Waals surface area (Å²) < 4.78 is 4.94. The van der Waals surface area contributed by atoms with Gasteiger partial charge >= 0.3 is 5.97 Å². The quantitative estimate of drug-likeness (QED) is 0.774. The van der Waals surface area contributed by atoms with Gasteiger partial charge in [-0.1, -0.05) is 12.1 Å². The second kappa shape index (κ2) is 7.05. The number of amides is 3. The van der Waals surface area contributed by atoms with Gasteiger partial charge in [0.2, 0.25) is 11.6 Å². The predicted octanol–water partition coefficient (Wildman–Crippen LogP) is 2.07. The summed E-state index contributed by atoms with van der Waals surface area (Å²) in [6.07, 6.45) is 0.308. The fraction of sp³-hybridized carbons (Fsp3) is 0.238. The van der Waals surface area contributed by atoms with Crippen LogP contribution in [-0.4, -0.2) is 36.0 Å². The molecule has 0 spiro atoms. The largest absolute Gasteiger partial charge is 0.462 e. The number of carbonyl (C=O) groups is 4. The minimum Gasteiger partial charge on any atom is -0.462 e. The van der Waals surface area contributed by atoms with Gasteiger partial charge in [-0.3, -0.25) is 19.3 Å². The number of rotatable bonds is 4. The van der Waals surface area contributed by atoms with E-state index in [1.165, 1.54) is 17.0 Å². The highest BCUT2D eigenvalue weighted by molar-refractivity contribution is 6.18. The van der Waals surface area contributed by atoms with Crippen LogP contribution in [0.15, 0.2) is 48.5 Å². The lowest BCUT2D eigenvalue weighted by Crippen LogP contribution is -2.68. The smallest absolute Gasteiger partial charge is 0.338 e. The zero-order valence-electron chi connectivity index (χ0n) is 15.7. The van der Waals surface area contributed by atoms with Gasteiger partial charge in [0.15, 0.2) is 0 Å². The van der Waals surface area contributed by atoms with Crippen molar-refractivity contribution in [3.05, 3.63) is 59.7 Å². The monoisotopic (exact) mass is 393 g/mol. The molecule has 0 radical (unpaired) electrons. The lowest BCUT2D eigenvalue weighted by molar-refractivity contribution is -0.124. The second-order valence-corrected chi connectivity index (χ2v) is 6.81. The fourth-order valence-corrected chi connectivity index (χ4v) is 3.71. The van der Waals surface area contributed by atoms with E-state index in [4.69, 9.17) is 4.74 Å². The number of nitrogens with one attached hydrogen (secondary N) is 2. The van der Waals surface area contributed by atoms with Gasteiger partial charge in [0.1, 0.15) is 0 Å². The summed E-state index contributed by atoms with van der Waals surface area (Å²) >= 11 is 0. The summed E-state index contributed by atoms with van der Waals surface area (Å²) in [5.41, 5.74) is 0.0874. The van der Waals surface area contributed by atoms with Gasteiger partial charge in [-0.05, 0) is 43.3 Å². The molecule has 0 aliphatic carbocycles. The minimum absolute atomic E-state index is 0.143. The number of carbonyl (C=O) groups excluding carboxylic acids is 4. The number of fused-ring (bicyclic) bond motifs is 3. The van der Waals surface area contributed by atoms with Gasteiger partial charge in [-0.15, -0.1) is 0 Å². The van der Waals surface area contributed by atoms with Crippen molar-refractivity contribution in [2.24, 2.45) is 0 Å². The average molecular weight is 393 g/mol. The molecule has 2 aliphatic rings. The summed E-state index contributed by atoms with van der Waals surface area (Å²) in [5.74, 6) is -1.60. The van der Waals surface area contributed by atoms with E-state index < -0.39 is 23.4 Å². The summed E-state index contributed by atoms with van der Waals surface area (Å²) in [6, 6.07) is 12.9. The van der Waals surface area contributed by atoms with Gasteiger partial charge in [0, 0.05) is 18.5 Å². The standard InChI is InChI=1S/C21H19N3O5/c1-2-29-19(27)13-7-9-14(10-8-13)22-20(28)21-12-11-17(25)24(21)16-6-4-3-5-15(16)18(26)23-21/h3-10H,2,11-12H2,1H3,(H,22,28)(H,23,26)/t21-/m0/s1. The maximum Gasteiger partial charge on any atom is 0.338 e. The molecule has 1 saturated heterocycles. The first-order valence-electron chi connectivity index (χ1n) is 9.29. The molecule has 2 aromatic carbocycles. The Morgan fingerprint density at radius 1 is 1.14 bits per heavy atom. The van der Waals surface area contributed by atoms with E-state index in [9.17, 15) is 19.2 Å². The second-order valence-electron chi connectivity index (χ2n) is 6.81. The van der Waals surface area contributed by atoms with Crippen molar-refractivity contribution in [2.45, 2.75) is 25.4 Å². The molecule has 0 unspecified atom stereocenters. The highest BCUT2D eigenvalue weighted by Gasteiger charge is 2.56. The third-order valence-corrected chi connectivity index (χ3v) is 5.07. The molecule has 0 saturated carbocycles. The van der Waals surface area contributed by atoms with Gasteiger partial charge in [-0.25, -0.2) is 4.79 Å². The third-order valence-electron chi connectivity index (χ3n) is 5.07. The maximum absolute atomic E-state index is 13.2. The van der Waals surface area contributed by atoms with Crippen LogP contribution >= 0.6 is 0 Å². The molecule has 4 rings (SSSR count). The van der Waals surface area contributed by atoms with Crippen LogP contribution in [0.3, 0.4) is 0 Å². The molecule has 0 aromatic heterocycles. The summed E-state index contributed by atoms with van der Waals surface area (Å²) in [6.45, 7) is 1.99. The van der Waals surface area contributed by atoms with Crippen LogP contribution in [0.1, 0.15) is 40.5 Å². The van der Waals surface area contributed by atoms with Gasteiger partial charge < -0.3 is 15.4 Å². The molecule has 8 nitrogen and oxygen atoms in total. The minimum atomic E-state index is -1.48. The number of nitrogens with zero attached hydrogens (tertiary/aromatic N) is 1. The zero-order chi connectivity index (χ0) is 20.6. The number of para-hydroxylation sites is 1. The van der Waals surface area contributed by atoms with Gasteiger partial charge in [-0.2, -0.15) is 0 Å². The van der Waals surface area contributed by atoms with E-state index in [0.29, 0.717) is 22.5 Å². The molecule has 1 atom stereocenters. The highest BCUT2D eigenvalue weighted by atomic mass is 16.5. The van der Waals surface area contributed by atoms with Crippen LogP contribution in [0, 0.1) is 0 Å². The lowest BCUT2D eigenvalue weighted by atomic mass is 9.98. The van der Waals surface area contributed by atoms with Crippen molar-refractivity contribution < 1.29 is 23.9 Å². The van der Waals surface area contributed by atoms with Crippen LogP contribution in [-0.2, 0) is 14.3 Å².